The lowest BCUT2D eigenvalue weighted by Gasteiger charge is -2.32. The quantitative estimate of drug-likeness (QED) is 0.764. The van der Waals surface area contributed by atoms with E-state index >= 15 is 0 Å². The van der Waals surface area contributed by atoms with Gasteiger partial charge in [0.2, 0.25) is 0 Å². The second-order valence-electron chi connectivity index (χ2n) is 4.58. The Labute approximate surface area is 91.0 Å². The maximum absolute atomic E-state index is 10.9. The molecule has 2 aliphatic rings. The third-order valence-corrected chi connectivity index (χ3v) is 3.41. The molecule has 2 rings (SSSR count). The number of hydrogen-bond donors (Lipinski definition) is 1. The summed E-state index contributed by atoms with van der Waals surface area (Å²) in [6, 6.07) is 0.249. The number of ether oxygens (including phenoxy) is 1. The Balaban J connectivity index is 1.76. The largest absolute Gasteiger partial charge is 0.447 e. The van der Waals surface area contributed by atoms with Crippen molar-refractivity contribution in [2.75, 3.05) is 26.2 Å². The summed E-state index contributed by atoms with van der Waals surface area (Å²) in [5, 5.41) is 2.85. The SMILES string of the molecule is CCN1CCCC(CC2COC(=O)N2)C1. The highest BCUT2D eigenvalue weighted by Crippen LogP contribution is 2.21. The minimum absolute atomic E-state index is 0.247. The first kappa shape index (κ1) is 10.7. The molecule has 1 amide bonds. The van der Waals surface area contributed by atoms with Gasteiger partial charge >= 0.3 is 6.09 Å². The topological polar surface area (TPSA) is 41.6 Å². The zero-order valence-electron chi connectivity index (χ0n) is 9.37. The molecule has 0 radical (unpaired) electrons. The number of carbonyl (C=O) groups is 1. The molecule has 4 heteroatoms. The fourth-order valence-corrected chi connectivity index (χ4v) is 2.59. The number of rotatable bonds is 3. The van der Waals surface area contributed by atoms with Crippen LogP contribution in [0.25, 0.3) is 0 Å². The molecule has 0 spiro atoms. The van der Waals surface area contributed by atoms with Gasteiger partial charge in [-0.1, -0.05) is 6.92 Å². The number of cyclic esters (lactones) is 1. The molecule has 4 nitrogen and oxygen atoms in total. The van der Waals surface area contributed by atoms with E-state index in [9.17, 15) is 4.79 Å². The predicted octanol–water partition coefficient (Wildman–Crippen LogP) is 1.22. The summed E-state index contributed by atoms with van der Waals surface area (Å²) in [4.78, 5) is 13.4. The van der Waals surface area contributed by atoms with E-state index in [1.807, 2.05) is 0 Å². The van der Waals surface area contributed by atoms with Crippen molar-refractivity contribution in [3.8, 4) is 0 Å². The Morgan fingerprint density at radius 3 is 3.13 bits per heavy atom. The van der Waals surface area contributed by atoms with Crippen LogP contribution in [0.2, 0.25) is 0 Å². The molecule has 0 aromatic rings. The zero-order chi connectivity index (χ0) is 10.7. The van der Waals surface area contributed by atoms with E-state index in [4.69, 9.17) is 4.74 Å². The number of piperidine rings is 1. The van der Waals surface area contributed by atoms with Gasteiger partial charge in [-0.2, -0.15) is 0 Å². The van der Waals surface area contributed by atoms with Gasteiger partial charge in [-0.05, 0) is 38.3 Å². The standard InChI is InChI=1S/C11H20N2O2/c1-2-13-5-3-4-9(7-13)6-10-8-15-11(14)12-10/h9-10H,2-8H2,1H3,(H,12,14). The molecule has 0 aromatic carbocycles. The van der Waals surface area contributed by atoms with Crippen molar-refractivity contribution in [1.29, 1.82) is 0 Å². The monoisotopic (exact) mass is 212 g/mol. The lowest BCUT2D eigenvalue weighted by atomic mass is 9.92. The van der Waals surface area contributed by atoms with Crippen molar-refractivity contribution in [1.82, 2.24) is 10.2 Å². The average molecular weight is 212 g/mol. The van der Waals surface area contributed by atoms with Gasteiger partial charge in [-0.3, -0.25) is 0 Å². The van der Waals surface area contributed by atoms with Gasteiger partial charge in [0.1, 0.15) is 6.61 Å². The van der Waals surface area contributed by atoms with E-state index in [1.165, 1.54) is 25.9 Å². The van der Waals surface area contributed by atoms with Crippen molar-refractivity contribution in [2.45, 2.75) is 32.2 Å². The summed E-state index contributed by atoms with van der Waals surface area (Å²) in [7, 11) is 0. The molecule has 2 aliphatic heterocycles. The molecule has 0 aromatic heterocycles. The molecule has 0 bridgehead atoms. The summed E-state index contributed by atoms with van der Waals surface area (Å²) in [5.74, 6) is 0.727. The molecule has 2 heterocycles. The molecular formula is C11H20N2O2. The molecular weight excluding hydrogens is 192 g/mol. The van der Waals surface area contributed by atoms with Gasteiger partial charge in [0, 0.05) is 6.54 Å². The average Bonchev–Trinajstić information content (AvgIpc) is 2.64. The molecule has 2 fully saturated rings. The predicted molar refractivity (Wildman–Crippen MR) is 57.7 cm³/mol. The molecule has 86 valence electrons. The fraction of sp³-hybridized carbons (Fsp3) is 0.909. The first-order valence-corrected chi connectivity index (χ1v) is 5.93. The van der Waals surface area contributed by atoms with Crippen molar-refractivity contribution >= 4 is 6.09 Å². The summed E-state index contributed by atoms with van der Waals surface area (Å²) in [6.07, 6.45) is 3.41. The zero-order valence-corrected chi connectivity index (χ0v) is 9.37. The third-order valence-electron chi connectivity index (χ3n) is 3.41. The van der Waals surface area contributed by atoms with Crippen LogP contribution in [-0.4, -0.2) is 43.3 Å². The van der Waals surface area contributed by atoms with Gasteiger partial charge in [-0.15, -0.1) is 0 Å². The van der Waals surface area contributed by atoms with Crippen LogP contribution in [0.5, 0.6) is 0 Å². The van der Waals surface area contributed by atoms with E-state index in [-0.39, 0.29) is 12.1 Å². The number of amides is 1. The number of nitrogens with one attached hydrogen (secondary N) is 1. The summed E-state index contributed by atoms with van der Waals surface area (Å²) in [6.45, 7) is 6.33. The van der Waals surface area contributed by atoms with E-state index in [2.05, 4.69) is 17.1 Å². The highest BCUT2D eigenvalue weighted by molar-refractivity contribution is 5.69. The van der Waals surface area contributed by atoms with Crippen LogP contribution in [-0.2, 0) is 4.74 Å². The molecule has 2 atom stereocenters. The van der Waals surface area contributed by atoms with E-state index in [0.717, 1.165) is 18.9 Å². The molecule has 0 aliphatic carbocycles. The van der Waals surface area contributed by atoms with Crippen LogP contribution in [0.3, 0.4) is 0 Å². The van der Waals surface area contributed by atoms with Crippen molar-refractivity contribution in [2.24, 2.45) is 5.92 Å². The van der Waals surface area contributed by atoms with Gasteiger partial charge in [-0.25, -0.2) is 4.79 Å². The number of likely N-dealkylation sites (tertiary alicyclic amines) is 1. The van der Waals surface area contributed by atoms with Crippen LogP contribution in [0.15, 0.2) is 0 Å². The maximum atomic E-state index is 10.9. The second-order valence-corrected chi connectivity index (χ2v) is 4.58. The fourth-order valence-electron chi connectivity index (χ4n) is 2.59. The second kappa shape index (κ2) is 4.84. The highest BCUT2D eigenvalue weighted by atomic mass is 16.6. The van der Waals surface area contributed by atoms with Gasteiger partial charge < -0.3 is 15.0 Å². The van der Waals surface area contributed by atoms with Crippen LogP contribution >= 0.6 is 0 Å². The Kier molecular flexibility index (Phi) is 3.46. The van der Waals surface area contributed by atoms with Crippen molar-refractivity contribution < 1.29 is 9.53 Å². The normalized spacial score (nSPS) is 32.5. The molecule has 15 heavy (non-hydrogen) atoms. The third kappa shape index (κ3) is 2.84. The van der Waals surface area contributed by atoms with E-state index < -0.39 is 0 Å². The number of nitrogens with zero attached hydrogens (tertiary/aromatic N) is 1. The van der Waals surface area contributed by atoms with Gasteiger partial charge in [0.25, 0.3) is 0 Å². The number of alkyl carbamates (subject to hydrolysis) is 1. The van der Waals surface area contributed by atoms with Crippen LogP contribution in [0.4, 0.5) is 4.79 Å². The molecule has 2 unspecified atom stereocenters. The minimum atomic E-state index is -0.247. The van der Waals surface area contributed by atoms with Crippen LogP contribution in [0.1, 0.15) is 26.2 Å². The van der Waals surface area contributed by atoms with Crippen molar-refractivity contribution in [3.63, 3.8) is 0 Å². The van der Waals surface area contributed by atoms with Gasteiger partial charge in [0.05, 0.1) is 6.04 Å². The first-order chi connectivity index (χ1) is 7.28. The van der Waals surface area contributed by atoms with Gasteiger partial charge in [0.15, 0.2) is 0 Å². The summed E-state index contributed by atoms with van der Waals surface area (Å²) < 4.78 is 4.90. The highest BCUT2D eigenvalue weighted by Gasteiger charge is 2.27. The smallest absolute Gasteiger partial charge is 0.407 e. The first-order valence-electron chi connectivity index (χ1n) is 5.93. The molecule has 0 saturated carbocycles. The van der Waals surface area contributed by atoms with Crippen molar-refractivity contribution in [3.05, 3.63) is 0 Å². The Morgan fingerprint density at radius 2 is 2.47 bits per heavy atom. The Morgan fingerprint density at radius 1 is 1.60 bits per heavy atom. The van der Waals surface area contributed by atoms with Crippen LogP contribution in [0, 0.1) is 5.92 Å². The molecule has 2 saturated heterocycles. The summed E-state index contributed by atoms with van der Waals surface area (Å²) in [5.41, 5.74) is 0. The van der Waals surface area contributed by atoms with E-state index in [1.54, 1.807) is 0 Å². The lowest BCUT2D eigenvalue weighted by molar-refractivity contribution is 0.161. The van der Waals surface area contributed by atoms with Crippen LogP contribution < -0.4 is 5.32 Å². The Hall–Kier alpha value is -0.770. The lowest BCUT2D eigenvalue weighted by Crippen LogP contribution is -2.38. The minimum Gasteiger partial charge on any atom is -0.447 e. The summed E-state index contributed by atoms with van der Waals surface area (Å²) >= 11 is 0. The van der Waals surface area contributed by atoms with E-state index in [0.29, 0.717) is 6.61 Å². The Bertz CT molecular complexity index is 233. The maximum Gasteiger partial charge on any atom is 0.407 e. The molecule has 1 N–H and O–H groups in total. The number of carbonyl (C=O) groups excluding carboxylic acids is 1. The number of hydrogen-bond acceptors (Lipinski definition) is 3.